The second kappa shape index (κ2) is 8.00. The molecular weight excluding hydrogens is 328 g/mol. The van der Waals surface area contributed by atoms with Crippen LogP contribution in [0.25, 0.3) is 0 Å². The maximum Gasteiger partial charge on any atom is 0.240 e. The van der Waals surface area contributed by atoms with Crippen LogP contribution in [-0.2, 0) is 4.79 Å². The molecule has 0 spiro atoms. The van der Waals surface area contributed by atoms with Crippen LogP contribution in [0, 0.1) is 6.92 Å². The molecule has 24 heavy (non-hydrogen) atoms. The van der Waals surface area contributed by atoms with E-state index in [1.54, 1.807) is 6.21 Å². The molecule has 0 radical (unpaired) electrons. The predicted molar refractivity (Wildman–Crippen MR) is 92.2 cm³/mol. The van der Waals surface area contributed by atoms with Crippen LogP contribution in [0.1, 0.15) is 37.2 Å². The number of carbonyl (C=O) groups excluding carboxylic acids is 1. The minimum atomic E-state index is 0.0254. The highest BCUT2D eigenvalue weighted by Gasteiger charge is 2.17. The summed E-state index contributed by atoms with van der Waals surface area (Å²) >= 11 is 1.29. The highest BCUT2D eigenvalue weighted by atomic mass is 32.2. The number of hydrogen-bond donors (Lipinski definition) is 3. The van der Waals surface area contributed by atoms with Crippen LogP contribution in [0.4, 0.5) is 5.95 Å². The van der Waals surface area contributed by atoms with Crippen molar-refractivity contribution < 1.29 is 9.21 Å². The Kier molecular flexibility index (Phi) is 5.52. The Labute approximate surface area is 143 Å². The van der Waals surface area contributed by atoms with Crippen molar-refractivity contribution in [3.63, 3.8) is 0 Å². The Hall–Kier alpha value is -2.29. The average molecular weight is 348 g/mol. The monoisotopic (exact) mass is 348 g/mol. The number of amides is 1. The number of rotatable bonds is 7. The van der Waals surface area contributed by atoms with Crippen molar-refractivity contribution in [1.82, 2.24) is 20.5 Å². The molecule has 0 unspecified atom stereocenters. The summed E-state index contributed by atoms with van der Waals surface area (Å²) in [7, 11) is 0. The van der Waals surface area contributed by atoms with Gasteiger partial charge in [0.1, 0.15) is 11.5 Å². The third-order valence-corrected chi connectivity index (χ3v) is 4.49. The van der Waals surface area contributed by atoms with Gasteiger partial charge in [0.2, 0.25) is 17.0 Å². The zero-order chi connectivity index (χ0) is 16.8. The van der Waals surface area contributed by atoms with E-state index in [1.165, 1.54) is 24.6 Å². The summed E-state index contributed by atoms with van der Waals surface area (Å²) in [6, 6.07) is 4.02. The number of nitrogens with one attached hydrogen (secondary N) is 3. The minimum Gasteiger partial charge on any atom is -0.460 e. The predicted octanol–water partition coefficient (Wildman–Crippen LogP) is 2.30. The lowest BCUT2D eigenvalue weighted by Crippen LogP contribution is -2.33. The van der Waals surface area contributed by atoms with Gasteiger partial charge in [0.05, 0.1) is 12.0 Å². The van der Waals surface area contributed by atoms with Gasteiger partial charge in [0.25, 0.3) is 0 Å². The Morgan fingerprint density at radius 3 is 3.08 bits per heavy atom. The van der Waals surface area contributed by atoms with Crippen molar-refractivity contribution in [3.8, 4) is 0 Å². The Bertz CT molecular complexity index is 704. The Morgan fingerprint density at radius 1 is 1.50 bits per heavy atom. The van der Waals surface area contributed by atoms with Crippen molar-refractivity contribution in [3.05, 3.63) is 23.7 Å². The molecule has 3 rings (SSSR count). The van der Waals surface area contributed by atoms with Crippen molar-refractivity contribution in [2.45, 2.75) is 43.8 Å². The summed E-state index contributed by atoms with van der Waals surface area (Å²) < 4.78 is 5.36. The second-order valence-corrected chi connectivity index (χ2v) is 6.57. The molecule has 8 nitrogen and oxygen atoms in total. The summed E-state index contributed by atoms with van der Waals surface area (Å²) in [5, 5.41) is 14.3. The normalized spacial score (nSPS) is 15.2. The number of furan rings is 1. The summed E-state index contributed by atoms with van der Waals surface area (Å²) in [4.78, 5) is 16.1. The van der Waals surface area contributed by atoms with Crippen molar-refractivity contribution in [2.24, 2.45) is 5.10 Å². The minimum absolute atomic E-state index is 0.0254. The first-order valence-electron chi connectivity index (χ1n) is 7.89. The highest BCUT2D eigenvalue weighted by Crippen LogP contribution is 2.18. The van der Waals surface area contributed by atoms with Crippen molar-refractivity contribution in [2.75, 3.05) is 11.2 Å². The Morgan fingerprint density at radius 2 is 2.33 bits per heavy atom. The van der Waals surface area contributed by atoms with Crippen molar-refractivity contribution >= 4 is 29.8 Å². The number of nitrogens with zero attached hydrogens (tertiary/aromatic N) is 3. The maximum absolute atomic E-state index is 11.9. The molecule has 1 saturated carbocycles. The number of aromatic amines is 1. The quantitative estimate of drug-likeness (QED) is 0.402. The molecule has 1 aliphatic carbocycles. The molecule has 0 atom stereocenters. The van der Waals surface area contributed by atoms with Crippen LogP contribution in [-0.4, -0.2) is 39.1 Å². The van der Waals surface area contributed by atoms with Crippen molar-refractivity contribution in [1.29, 1.82) is 0 Å². The van der Waals surface area contributed by atoms with Gasteiger partial charge >= 0.3 is 0 Å². The van der Waals surface area contributed by atoms with E-state index in [0.29, 0.717) is 28.7 Å². The van der Waals surface area contributed by atoms with Crippen LogP contribution in [0.15, 0.2) is 26.8 Å². The molecular formula is C15H20N6O2S. The largest absolute Gasteiger partial charge is 0.460 e. The smallest absolute Gasteiger partial charge is 0.240 e. The van der Waals surface area contributed by atoms with E-state index < -0.39 is 0 Å². The molecule has 0 aliphatic heterocycles. The molecule has 9 heteroatoms. The zero-order valence-electron chi connectivity index (χ0n) is 13.4. The van der Waals surface area contributed by atoms with E-state index in [1.807, 2.05) is 19.1 Å². The molecule has 1 aliphatic rings. The fraction of sp³-hybridized carbons (Fsp3) is 0.467. The Balaban J connectivity index is 1.41. The fourth-order valence-corrected chi connectivity index (χ4v) is 3.12. The van der Waals surface area contributed by atoms with E-state index in [0.717, 1.165) is 18.6 Å². The fourth-order valence-electron chi connectivity index (χ4n) is 2.51. The van der Waals surface area contributed by atoms with Gasteiger partial charge in [-0.2, -0.15) is 10.1 Å². The number of aromatic nitrogens is 3. The van der Waals surface area contributed by atoms with Gasteiger partial charge in [-0.05, 0) is 31.9 Å². The van der Waals surface area contributed by atoms with Gasteiger partial charge < -0.3 is 9.73 Å². The third-order valence-electron chi connectivity index (χ3n) is 3.64. The summed E-state index contributed by atoms with van der Waals surface area (Å²) in [5.74, 6) is 2.22. The van der Waals surface area contributed by atoms with Crippen LogP contribution in [0.2, 0.25) is 0 Å². The molecule has 0 aromatic carbocycles. The second-order valence-electron chi connectivity index (χ2n) is 5.62. The topological polar surface area (TPSA) is 108 Å². The van der Waals surface area contributed by atoms with E-state index in [9.17, 15) is 4.79 Å². The summed E-state index contributed by atoms with van der Waals surface area (Å²) in [6.45, 7) is 1.87. The lowest BCUT2D eigenvalue weighted by molar-refractivity contribution is -0.119. The molecule has 0 saturated heterocycles. The highest BCUT2D eigenvalue weighted by molar-refractivity contribution is 7.99. The number of carbonyl (C=O) groups is 1. The zero-order valence-corrected chi connectivity index (χ0v) is 14.2. The molecule has 2 aromatic rings. The number of hydrogen-bond acceptors (Lipinski definition) is 7. The average Bonchev–Trinajstić information content (AvgIpc) is 3.29. The molecule has 3 N–H and O–H groups in total. The van der Waals surface area contributed by atoms with E-state index in [2.05, 4.69) is 31.0 Å². The lowest BCUT2D eigenvalue weighted by Gasteiger charge is -2.10. The first-order chi connectivity index (χ1) is 11.7. The summed E-state index contributed by atoms with van der Waals surface area (Å²) in [6.07, 6.45) is 6.12. The van der Waals surface area contributed by atoms with E-state index in [4.69, 9.17) is 4.42 Å². The molecule has 1 amide bonds. The van der Waals surface area contributed by atoms with Gasteiger partial charge in [-0.3, -0.25) is 4.79 Å². The first kappa shape index (κ1) is 16.6. The number of thioether (sulfide) groups is 1. The number of anilines is 1. The van der Waals surface area contributed by atoms with Crippen LogP contribution in [0.3, 0.4) is 0 Å². The lowest BCUT2D eigenvalue weighted by atomic mass is 10.2. The SMILES string of the molecule is Cc1ccc(/C=N/Nc2nc(SCC(=O)NC3CCCC3)n[nH]2)o1. The van der Waals surface area contributed by atoms with Gasteiger partial charge in [0, 0.05) is 6.04 Å². The van der Waals surface area contributed by atoms with E-state index >= 15 is 0 Å². The van der Waals surface area contributed by atoms with Gasteiger partial charge in [0.15, 0.2) is 0 Å². The van der Waals surface area contributed by atoms with Gasteiger partial charge in [-0.25, -0.2) is 10.5 Å². The third kappa shape index (κ3) is 4.85. The van der Waals surface area contributed by atoms with Crippen LogP contribution in [0.5, 0.6) is 0 Å². The molecule has 2 aromatic heterocycles. The van der Waals surface area contributed by atoms with Gasteiger partial charge in [-0.15, -0.1) is 5.10 Å². The standard InChI is InChI=1S/C15H20N6O2S/c1-10-6-7-12(23-10)8-16-19-14-18-15(21-20-14)24-9-13(22)17-11-4-2-3-5-11/h6-8,11H,2-5,9H2,1H3,(H,17,22)(H2,18,19,20,21)/b16-8+. The maximum atomic E-state index is 11.9. The molecule has 1 fully saturated rings. The number of aryl methyl sites for hydroxylation is 1. The first-order valence-corrected chi connectivity index (χ1v) is 8.88. The number of hydrazone groups is 1. The number of H-pyrrole nitrogens is 1. The molecule has 0 bridgehead atoms. The molecule has 2 heterocycles. The summed E-state index contributed by atoms with van der Waals surface area (Å²) in [5.41, 5.74) is 2.74. The van der Waals surface area contributed by atoms with Gasteiger partial charge in [-0.1, -0.05) is 24.6 Å². The molecule has 128 valence electrons. The van der Waals surface area contributed by atoms with Crippen LogP contribution >= 0.6 is 11.8 Å². The van der Waals surface area contributed by atoms with E-state index in [-0.39, 0.29) is 5.91 Å². The van der Waals surface area contributed by atoms with Crippen LogP contribution < -0.4 is 10.7 Å².